The second-order valence-corrected chi connectivity index (χ2v) is 4.04. The normalized spacial score (nSPS) is 20.6. The topological polar surface area (TPSA) is 60.8 Å². The maximum absolute atomic E-state index is 10.7. The monoisotopic (exact) mass is 173 g/mol. The van der Waals surface area contributed by atoms with Crippen LogP contribution in [-0.2, 0) is 4.79 Å². The minimum atomic E-state index is -0.788. The maximum atomic E-state index is 10.7. The van der Waals surface area contributed by atoms with Gasteiger partial charge in [-0.05, 0) is 13.8 Å². The standard InChI is InChI=1S/C8H15NO3/c1-8(2,7(11)12)5-9-3-6(10)4-9/h6,10H,3-5H2,1-2H3,(H,11,12). The molecule has 0 spiro atoms. The van der Waals surface area contributed by atoms with E-state index in [2.05, 4.69) is 0 Å². The first kappa shape index (κ1) is 9.48. The Morgan fingerprint density at radius 3 is 2.42 bits per heavy atom. The highest BCUT2D eigenvalue weighted by Crippen LogP contribution is 2.20. The number of rotatable bonds is 3. The third kappa shape index (κ3) is 1.95. The van der Waals surface area contributed by atoms with Crippen molar-refractivity contribution in [2.75, 3.05) is 19.6 Å². The number of hydrogen-bond acceptors (Lipinski definition) is 3. The molecule has 1 rings (SSSR count). The van der Waals surface area contributed by atoms with E-state index in [-0.39, 0.29) is 6.10 Å². The first-order valence-corrected chi connectivity index (χ1v) is 4.05. The Morgan fingerprint density at radius 1 is 1.58 bits per heavy atom. The van der Waals surface area contributed by atoms with E-state index >= 15 is 0 Å². The molecule has 0 unspecified atom stereocenters. The Hall–Kier alpha value is -0.610. The molecule has 0 radical (unpaired) electrons. The zero-order valence-electron chi connectivity index (χ0n) is 7.45. The summed E-state index contributed by atoms with van der Waals surface area (Å²) in [6, 6.07) is 0. The van der Waals surface area contributed by atoms with E-state index in [1.807, 2.05) is 4.90 Å². The highest BCUT2D eigenvalue weighted by atomic mass is 16.4. The van der Waals surface area contributed by atoms with Gasteiger partial charge >= 0.3 is 5.97 Å². The highest BCUT2D eigenvalue weighted by Gasteiger charge is 2.34. The molecule has 12 heavy (non-hydrogen) atoms. The molecule has 0 saturated carbocycles. The fourth-order valence-corrected chi connectivity index (χ4v) is 1.30. The molecule has 0 aromatic heterocycles. The Balaban J connectivity index is 2.35. The van der Waals surface area contributed by atoms with E-state index in [9.17, 15) is 4.79 Å². The average Bonchev–Trinajstić information content (AvgIpc) is 1.83. The van der Waals surface area contributed by atoms with Gasteiger partial charge in [-0.1, -0.05) is 0 Å². The van der Waals surface area contributed by atoms with Crippen LogP contribution in [0.15, 0.2) is 0 Å². The minimum Gasteiger partial charge on any atom is -0.481 e. The van der Waals surface area contributed by atoms with Crippen LogP contribution in [-0.4, -0.2) is 46.8 Å². The summed E-state index contributed by atoms with van der Waals surface area (Å²) in [5.74, 6) is -0.788. The lowest BCUT2D eigenvalue weighted by Gasteiger charge is -2.39. The Bertz CT molecular complexity index is 185. The highest BCUT2D eigenvalue weighted by molar-refractivity contribution is 5.73. The van der Waals surface area contributed by atoms with Crippen molar-refractivity contribution in [3.8, 4) is 0 Å². The first-order chi connectivity index (χ1) is 5.42. The van der Waals surface area contributed by atoms with Crippen LogP contribution < -0.4 is 0 Å². The molecule has 2 N–H and O–H groups in total. The molecular formula is C8H15NO3. The van der Waals surface area contributed by atoms with Crippen LogP contribution in [0.2, 0.25) is 0 Å². The van der Waals surface area contributed by atoms with Gasteiger partial charge in [0.2, 0.25) is 0 Å². The number of aliphatic carboxylic acids is 1. The Labute approximate surface area is 71.8 Å². The van der Waals surface area contributed by atoms with Crippen molar-refractivity contribution in [1.82, 2.24) is 4.90 Å². The van der Waals surface area contributed by atoms with Gasteiger partial charge in [-0.2, -0.15) is 0 Å². The Morgan fingerprint density at radius 2 is 2.08 bits per heavy atom. The number of hydrogen-bond donors (Lipinski definition) is 2. The van der Waals surface area contributed by atoms with Crippen LogP contribution in [0.1, 0.15) is 13.8 Å². The second kappa shape index (κ2) is 3.03. The summed E-state index contributed by atoms with van der Waals surface area (Å²) in [6.45, 7) is 5.12. The lowest BCUT2D eigenvalue weighted by molar-refractivity contribution is -0.149. The van der Waals surface area contributed by atoms with Crippen molar-refractivity contribution in [3.05, 3.63) is 0 Å². The molecule has 70 valence electrons. The number of β-amino-alcohol motifs (C(OH)–C–C–N with tert-alkyl or cyclic N) is 1. The minimum absolute atomic E-state index is 0.255. The molecule has 0 aromatic carbocycles. The third-order valence-electron chi connectivity index (χ3n) is 2.14. The van der Waals surface area contributed by atoms with Crippen LogP contribution >= 0.6 is 0 Å². The number of nitrogens with zero attached hydrogens (tertiary/aromatic N) is 1. The summed E-state index contributed by atoms with van der Waals surface area (Å²) in [5.41, 5.74) is -0.708. The van der Waals surface area contributed by atoms with Crippen molar-refractivity contribution in [3.63, 3.8) is 0 Å². The van der Waals surface area contributed by atoms with E-state index in [0.717, 1.165) is 0 Å². The zero-order chi connectivity index (χ0) is 9.35. The van der Waals surface area contributed by atoms with E-state index in [0.29, 0.717) is 19.6 Å². The number of aliphatic hydroxyl groups is 1. The van der Waals surface area contributed by atoms with Gasteiger partial charge in [0.25, 0.3) is 0 Å². The molecule has 4 nitrogen and oxygen atoms in total. The molecule has 4 heteroatoms. The molecule has 0 amide bonds. The van der Waals surface area contributed by atoms with Gasteiger partial charge in [0.15, 0.2) is 0 Å². The molecule has 1 fully saturated rings. The summed E-state index contributed by atoms with van der Waals surface area (Å²) in [5, 5.41) is 17.8. The molecule has 1 aliphatic heterocycles. The SMILES string of the molecule is CC(C)(CN1CC(O)C1)C(=O)O. The van der Waals surface area contributed by atoms with Crippen molar-refractivity contribution >= 4 is 5.97 Å². The van der Waals surface area contributed by atoms with Gasteiger partial charge < -0.3 is 10.2 Å². The maximum Gasteiger partial charge on any atom is 0.310 e. The molecule has 0 bridgehead atoms. The average molecular weight is 173 g/mol. The fourth-order valence-electron chi connectivity index (χ4n) is 1.30. The zero-order valence-corrected chi connectivity index (χ0v) is 7.45. The second-order valence-electron chi connectivity index (χ2n) is 4.04. The molecule has 1 saturated heterocycles. The molecule has 1 aliphatic rings. The predicted molar refractivity (Wildman–Crippen MR) is 43.9 cm³/mol. The number of likely N-dealkylation sites (tertiary alicyclic amines) is 1. The molecule has 1 heterocycles. The van der Waals surface area contributed by atoms with E-state index < -0.39 is 11.4 Å². The summed E-state index contributed by atoms with van der Waals surface area (Å²) < 4.78 is 0. The van der Waals surface area contributed by atoms with Crippen LogP contribution in [0.4, 0.5) is 0 Å². The van der Waals surface area contributed by atoms with Crippen LogP contribution in [0, 0.1) is 5.41 Å². The van der Waals surface area contributed by atoms with Crippen LogP contribution in [0.3, 0.4) is 0 Å². The van der Waals surface area contributed by atoms with Crippen LogP contribution in [0.25, 0.3) is 0 Å². The largest absolute Gasteiger partial charge is 0.481 e. The van der Waals surface area contributed by atoms with Crippen molar-refractivity contribution in [2.45, 2.75) is 20.0 Å². The number of carboxylic acids is 1. The van der Waals surface area contributed by atoms with Crippen molar-refractivity contribution in [2.24, 2.45) is 5.41 Å². The van der Waals surface area contributed by atoms with Gasteiger partial charge in [0.1, 0.15) is 0 Å². The van der Waals surface area contributed by atoms with Crippen LogP contribution in [0.5, 0.6) is 0 Å². The number of carbonyl (C=O) groups is 1. The lowest BCUT2D eigenvalue weighted by Crippen LogP contribution is -2.54. The lowest BCUT2D eigenvalue weighted by atomic mass is 9.91. The number of carboxylic acid groups (broad SMARTS) is 1. The van der Waals surface area contributed by atoms with Gasteiger partial charge in [0.05, 0.1) is 11.5 Å². The quantitative estimate of drug-likeness (QED) is 0.619. The first-order valence-electron chi connectivity index (χ1n) is 4.05. The molecular weight excluding hydrogens is 158 g/mol. The fraction of sp³-hybridized carbons (Fsp3) is 0.875. The van der Waals surface area contributed by atoms with Crippen molar-refractivity contribution in [1.29, 1.82) is 0 Å². The summed E-state index contributed by atoms with van der Waals surface area (Å²) in [4.78, 5) is 12.6. The smallest absolute Gasteiger partial charge is 0.310 e. The number of aliphatic hydroxyl groups excluding tert-OH is 1. The van der Waals surface area contributed by atoms with Gasteiger partial charge in [-0.3, -0.25) is 9.69 Å². The summed E-state index contributed by atoms with van der Waals surface area (Å²) in [7, 11) is 0. The van der Waals surface area contributed by atoms with Gasteiger partial charge in [0, 0.05) is 19.6 Å². The van der Waals surface area contributed by atoms with E-state index in [1.165, 1.54) is 0 Å². The molecule has 0 aliphatic carbocycles. The van der Waals surface area contributed by atoms with E-state index in [1.54, 1.807) is 13.8 Å². The van der Waals surface area contributed by atoms with Crippen molar-refractivity contribution < 1.29 is 15.0 Å². The summed E-state index contributed by atoms with van der Waals surface area (Å²) in [6.07, 6.45) is -0.255. The van der Waals surface area contributed by atoms with Gasteiger partial charge in [-0.15, -0.1) is 0 Å². The molecule has 0 atom stereocenters. The summed E-state index contributed by atoms with van der Waals surface area (Å²) >= 11 is 0. The van der Waals surface area contributed by atoms with Gasteiger partial charge in [-0.25, -0.2) is 0 Å². The third-order valence-corrected chi connectivity index (χ3v) is 2.14. The molecule has 0 aromatic rings. The van der Waals surface area contributed by atoms with E-state index in [4.69, 9.17) is 10.2 Å². The predicted octanol–water partition coefficient (Wildman–Crippen LogP) is -0.226. The Kier molecular flexibility index (Phi) is 2.39.